The number of piperidine rings is 1. The molecule has 2 aliphatic rings. The summed E-state index contributed by atoms with van der Waals surface area (Å²) in [6.07, 6.45) is 1.67. The smallest absolute Gasteiger partial charge is 0.318 e. The number of amides is 3. The molecule has 0 bridgehead atoms. The van der Waals surface area contributed by atoms with E-state index in [9.17, 15) is 9.59 Å². The molecule has 0 saturated carbocycles. The normalized spacial score (nSPS) is 23.4. The number of hydrogen-bond donors (Lipinski definition) is 1. The summed E-state index contributed by atoms with van der Waals surface area (Å²) >= 11 is 1.91. The van der Waals surface area contributed by atoms with Gasteiger partial charge in [-0.2, -0.15) is 11.8 Å². The minimum atomic E-state index is -0.0907. The van der Waals surface area contributed by atoms with E-state index in [1.165, 1.54) is 5.56 Å². The monoisotopic (exact) mass is 389 g/mol. The summed E-state index contributed by atoms with van der Waals surface area (Å²) in [5.41, 5.74) is 2.36. The van der Waals surface area contributed by atoms with Crippen LogP contribution < -0.4 is 5.32 Å². The van der Waals surface area contributed by atoms with Gasteiger partial charge >= 0.3 is 6.03 Å². The molecule has 6 heteroatoms. The topological polar surface area (TPSA) is 52.7 Å². The fourth-order valence-corrected chi connectivity index (χ4v) is 4.90. The maximum atomic E-state index is 13.0. The molecule has 0 radical (unpaired) electrons. The number of urea groups is 1. The van der Waals surface area contributed by atoms with Crippen LogP contribution in [0.2, 0.25) is 0 Å². The van der Waals surface area contributed by atoms with Crippen molar-refractivity contribution in [2.45, 2.75) is 45.7 Å². The van der Waals surface area contributed by atoms with E-state index in [1.54, 1.807) is 0 Å². The zero-order chi connectivity index (χ0) is 19.4. The Labute approximate surface area is 166 Å². The summed E-state index contributed by atoms with van der Waals surface area (Å²) in [5, 5.41) is 3.02. The lowest BCUT2D eigenvalue weighted by Crippen LogP contribution is -2.52. The lowest BCUT2D eigenvalue weighted by Gasteiger charge is -2.41. The van der Waals surface area contributed by atoms with Gasteiger partial charge < -0.3 is 15.1 Å². The summed E-state index contributed by atoms with van der Waals surface area (Å²) in [5.74, 6) is 2.16. The van der Waals surface area contributed by atoms with Crippen molar-refractivity contribution in [3.8, 4) is 0 Å². The van der Waals surface area contributed by atoms with Crippen molar-refractivity contribution >= 4 is 23.7 Å². The van der Waals surface area contributed by atoms with E-state index in [4.69, 9.17) is 0 Å². The molecule has 2 saturated heterocycles. The third-order valence-electron chi connectivity index (χ3n) is 5.35. The number of nitrogens with one attached hydrogen (secondary N) is 1. The first-order valence-corrected chi connectivity index (χ1v) is 11.1. The second-order valence-electron chi connectivity index (χ2n) is 7.90. The van der Waals surface area contributed by atoms with E-state index < -0.39 is 0 Å². The van der Waals surface area contributed by atoms with Gasteiger partial charge in [0.05, 0.1) is 12.0 Å². The molecule has 5 nitrogen and oxygen atoms in total. The van der Waals surface area contributed by atoms with E-state index in [2.05, 4.69) is 30.4 Å². The van der Waals surface area contributed by atoms with E-state index >= 15 is 0 Å². The Morgan fingerprint density at radius 1 is 1.19 bits per heavy atom. The number of carbonyl (C=O) groups is 2. The third-order valence-corrected chi connectivity index (χ3v) is 6.30. The van der Waals surface area contributed by atoms with Gasteiger partial charge in [0.2, 0.25) is 5.91 Å². The Hall–Kier alpha value is -1.69. The average molecular weight is 390 g/mol. The first-order chi connectivity index (χ1) is 13.0. The SMILES string of the molecule is Cc1cccc(C2CCC(C(=O)N3CCSCC3)CN2C(=O)NC(C)C)c1. The summed E-state index contributed by atoms with van der Waals surface area (Å²) in [7, 11) is 0. The Bertz CT molecular complexity index is 673. The number of carbonyl (C=O) groups excluding carboxylic acids is 2. The molecule has 0 spiro atoms. The van der Waals surface area contributed by atoms with Gasteiger partial charge in [-0.15, -0.1) is 0 Å². The maximum absolute atomic E-state index is 13.0. The van der Waals surface area contributed by atoms with E-state index in [-0.39, 0.29) is 29.9 Å². The molecule has 2 fully saturated rings. The van der Waals surface area contributed by atoms with Gasteiger partial charge in [0, 0.05) is 37.2 Å². The van der Waals surface area contributed by atoms with Crippen molar-refractivity contribution < 1.29 is 9.59 Å². The molecule has 3 amide bonds. The number of hydrogen-bond acceptors (Lipinski definition) is 3. The number of aryl methyl sites for hydroxylation is 1. The predicted molar refractivity (Wildman–Crippen MR) is 111 cm³/mol. The quantitative estimate of drug-likeness (QED) is 0.862. The zero-order valence-corrected chi connectivity index (χ0v) is 17.4. The van der Waals surface area contributed by atoms with Crippen molar-refractivity contribution in [2.24, 2.45) is 5.92 Å². The second kappa shape index (κ2) is 9.00. The van der Waals surface area contributed by atoms with Gasteiger partial charge in [0.25, 0.3) is 0 Å². The minimum absolute atomic E-state index is 0.0320. The van der Waals surface area contributed by atoms with E-state index in [0.717, 1.165) is 43.0 Å². The van der Waals surface area contributed by atoms with Crippen LogP contribution in [0.25, 0.3) is 0 Å². The highest BCUT2D eigenvalue weighted by Gasteiger charge is 2.37. The maximum Gasteiger partial charge on any atom is 0.318 e. The minimum Gasteiger partial charge on any atom is -0.341 e. The molecule has 2 aliphatic heterocycles. The predicted octanol–water partition coefficient (Wildman–Crippen LogP) is 3.44. The van der Waals surface area contributed by atoms with Crippen molar-refractivity contribution in [1.82, 2.24) is 15.1 Å². The molecule has 27 heavy (non-hydrogen) atoms. The van der Waals surface area contributed by atoms with Crippen LogP contribution in [-0.2, 0) is 4.79 Å². The molecule has 3 rings (SSSR count). The second-order valence-corrected chi connectivity index (χ2v) is 9.12. The lowest BCUT2D eigenvalue weighted by molar-refractivity contribution is -0.137. The number of benzene rings is 1. The highest BCUT2D eigenvalue weighted by Crippen LogP contribution is 2.35. The Kier molecular flexibility index (Phi) is 6.68. The first kappa shape index (κ1) is 20.1. The summed E-state index contributed by atoms with van der Waals surface area (Å²) < 4.78 is 0. The number of likely N-dealkylation sites (tertiary alicyclic amines) is 1. The Balaban J connectivity index is 1.78. The molecule has 0 aromatic heterocycles. The van der Waals surface area contributed by atoms with Crippen LogP contribution in [0.15, 0.2) is 24.3 Å². The molecule has 1 N–H and O–H groups in total. The summed E-state index contributed by atoms with van der Waals surface area (Å²) in [6.45, 7) is 8.18. The average Bonchev–Trinajstić information content (AvgIpc) is 2.67. The Morgan fingerprint density at radius 2 is 1.93 bits per heavy atom. The molecule has 0 aliphatic carbocycles. The largest absolute Gasteiger partial charge is 0.341 e. The van der Waals surface area contributed by atoms with Crippen LogP contribution in [-0.4, -0.2) is 58.9 Å². The van der Waals surface area contributed by atoms with Crippen molar-refractivity contribution in [2.75, 3.05) is 31.1 Å². The van der Waals surface area contributed by atoms with Crippen molar-refractivity contribution in [1.29, 1.82) is 0 Å². The van der Waals surface area contributed by atoms with E-state index in [0.29, 0.717) is 6.54 Å². The molecule has 2 heterocycles. The van der Waals surface area contributed by atoms with Gasteiger partial charge in [-0.25, -0.2) is 4.79 Å². The van der Waals surface area contributed by atoms with E-state index in [1.807, 2.05) is 41.5 Å². The van der Waals surface area contributed by atoms with Crippen LogP contribution in [0.1, 0.15) is 43.9 Å². The van der Waals surface area contributed by atoms with Crippen LogP contribution in [0.4, 0.5) is 4.79 Å². The number of thioether (sulfide) groups is 1. The van der Waals surface area contributed by atoms with Gasteiger partial charge in [-0.1, -0.05) is 29.8 Å². The lowest BCUT2D eigenvalue weighted by atomic mass is 9.88. The van der Waals surface area contributed by atoms with Gasteiger partial charge in [0.15, 0.2) is 0 Å². The standard InChI is InChI=1S/C21H31N3O2S/c1-15(2)22-21(26)24-14-18(20(25)23-9-11-27-12-10-23)7-8-19(24)17-6-4-5-16(3)13-17/h4-6,13,15,18-19H,7-12,14H2,1-3H3,(H,22,26). The Morgan fingerprint density at radius 3 is 2.59 bits per heavy atom. The molecule has 2 atom stereocenters. The molecule has 1 aromatic rings. The van der Waals surface area contributed by atoms with Crippen LogP contribution in [0, 0.1) is 12.8 Å². The fourth-order valence-electron chi connectivity index (χ4n) is 3.99. The first-order valence-electron chi connectivity index (χ1n) is 9.96. The molecular weight excluding hydrogens is 358 g/mol. The zero-order valence-electron chi connectivity index (χ0n) is 16.6. The number of rotatable bonds is 3. The molecule has 1 aromatic carbocycles. The van der Waals surface area contributed by atoms with Crippen molar-refractivity contribution in [3.63, 3.8) is 0 Å². The summed E-state index contributed by atoms with van der Waals surface area (Å²) in [6, 6.07) is 8.41. The molecular formula is C21H31N3O2S. The van der Waals surface area contributed by atoms with Crippen molar-refractivity contribution in [3.05, 3.63) is 35.4 Å². The highest BCUT2D eigenvalue weighted by molar-refractivity contribution is 7.99. The van der Waals surface area contributed by atoms with Crippen LogP contribution in [0.3, 0.4) is 0 Å². The van der Waals surface area contributed by atoms with Crippen LogP contribution in [0.5, 0.6) is 0 Å². The highest BCUT2D eigenvalue weighted by atomic mass is 32.2. The summed E-state index contributed by atoms with van der Waals surface area (Å²) in [4.78, 5) is 29.8. The molecule has 2 unspecified atom stereocenters. The fraction of sp³-hybridized carbons (Fsp3) is 0.619. The third kappa shape index (κ3) is 4.98. The van der Waals surface area contributed by atoms with Gasteiger partial charge in [-0.3, -0.25) is 4.79 Å². The van der Waals surface area contributed by atoms with Crippen LogP contribution >= 0.6 is 11.8 Å². The van der Waals surface area contributed by atoms with Gasteiger partial charge in [0.1, 0.15) is 0 Å². The van der Waals surface area contributed by atoms with Gasteiger partial charge in [-0.05, 0) is 39.2 Å². The number of nitrogens with zero attached hydrogens (tertiary/aromatic N) is 2. The molecule has 148 valence electrons.